The van der Waals surface area contributed by atoms with Crippen LogP contribution in [0.3, 0.4) is 0 Å². The minimum Gasteiger partial charge on any atom is -0.493 e. The van der Waals surface area contributed by atoms with Crippen LogP contribution in [0.5, 0.6) is 23.1 Å². The first-order valence-corrected chi connectivity index (χ1v) is 9.94. The minimum absolute atomic E-state index is 0.235. The fraction of sp³-hybridized carbons (Fsp3) is 0.261. The van der Waals surface area contributed by atoms with Crippen LogP contribution >= 0.6 is 0 Å². The molecule has 4 aromatic rings. The average Bonchev–Trinajstić information content (AvgIpc) is 3.13. The topological polar surface area (TPSA) is 80.5 Å². The van der Waals surface area contributed by atoms with Crippen molar-refractivity contribution in [1.82, 2.24) is 19.5 Å². The molecule has 31 heavy (non-hydrogen) atoms. The number of pyridine rings is 2. The number of methoxy groups -OCH3 is 2. The van der Waals surface area contributed by atoms with Gasteiger partial charge in [-0.05, 0) is 32.0 Å². The van der Waals surface area contributed by atoms with Crippen LogP contribution in [0.1, 0.15) is 24.4 Å². The third kappa shape index (κ3) is 3.20. The highest BCUT2D eigenvalue weighted by Gasteiger charge is 2.33. The summed E-state index contributed by atoms with van der Waals surface area (Å²) in [5.41, 5.74) is 3.34. The van der Waals surface area contributed by atoms with Gasteiger partial charge in [-0.1, -0.05) is 0 Å². The molecule has 4 heterocycles. The molecule has 0 saturated heterocycles. The van der Waals surface area contributed by atoms with Crippen LogP contribution in [0, 0.1) is 6.92 Å². The van der Waals surface area contributed by atoms with Crippen molar-refractivity contribution in [3.05, 3.63) is 60.2 Å². The van der Waals surface area contributed by atoms with Crippen LogP contribution < -0.4 is 18.9 Å². The van der Waals surface area contributed by atoms with E-state index in [2.05, 4.69) is 15.0 Å². The maximum Gasteiger partial charge on any atom is 0.212 e. The zero-order chi connectivity index (χ0) is 21.5. The molecule has 0 amide bonds. The van der Waals surface area contributed by atoms with Crippen LogP contribution in [0.2, 0.25) is 0 Å². The summed E-state index contributed by atoms with van der Waals surface area (Å²) in [4.78, 5) is 13.4. The number of benzene rings is 1. The normalized spacial score (nSPS) is 17.5. The second-order valence-corrected chi connectivity index (χ2v) is 7.31. The zero-order valence-electron chi connectivity index (χ0n) is 17.7. The van der Waals surface area contributed by atoms with Crippen molar-refractivity contribution in [3.63, 3.8) is 0 Å². The number of aromatic nitrogens is 4. The fourth-order valence-electron chi connectivity index (χ4n) is 3.89. The summed E-state index contributed by atoms with van der Waals surface area (Å²) in [6.45, 7) is 3.91. The molecular formula is C23H22N4O4. The van der Waals surface area contributed by atoms with Crippen molar-refractivity contribution in [2.24, 2.45) is 0 Å². The monoisotopic (exact) mass is 418 g/mol. The van der Waals surface area contributed by atoms with Gasteiger partial charge in [-0.3, -0.25) is 4.57 Å². The number of ether oxygens (including phenoxy) is 4. The molecule has 0 fully saturated rings. The van der Waals surface area contributed by atoms with Crippen LogP contribution in [-0.2, 0) is 0 Å². The molecule has 0 saturated carbocycles. The molecule has 0 unspecified atom stereocenters. The van der Waals surface area contributed by atoms with Gasteiger partial charge in [0, 0.05) is 36.2 Å². The Hall–Kier alpha value is -3.81. The molecule has 1 aliphatic heterocycles. The highest BCUT2D eigenvalue weighted by Crippen LogP contribution is 2.47. The number of nitrogens with zero attached hydrogens (tertiary/aromatic N) is 4. The third-order valence-corrected chi connectivity index (χ3v) is 5.35. The molecule has 8 nitrogen and oxygen atoms in total. The molecule has 0 bridgehead atoms. The number of hydrogen-bond acceptors (Lipinski definition) is 7. The van der Waals surface area contributed by atoms with Gasteiger partial charge in [0.2, 0.25) is 11.6 Å². The highest BCUT2D eigenvalue weighted by molar-refractivity contribution is 5.74. The second-order valence-electron chi connectivity index (χ2n) is 7.31. The Bertz CT molecular complexity index is 1250. The summed E-state index contributed by atoms with van der Waals surface area (Å²) in [5.74, 6) is 3.11. The Morgan fingerprint density at radius 3 is 2.65 bits per heavy atom. The molecule has 3 aromatic heterocycles. The number of imidazole rings is 1. The molecule has 0 spiro atoms. The van der Waals surface area contributed by atoms with Gasteiger partial charge in [0.05, 0.1) is 19.9 Å². The van der Waals surface area contributed by atoms with Gasteiger partial charge < -0.3 is 18.9 Å². The smallest absolute Gasteiger partial charge is 0.212 e. The van der Waals surface area contributed by atoms with Gasteiger partial charge in [0.25, 0.3) is 0 Å². The molecule has 5 rings (SSSR count). The first-order valence-electron chi connectivity index (χ1n) is 9.94. The van der Waals surface area contributed by atoms with Gasteiger partial charge in [0.15, 0.2) is 23.3 Å². The summed E-state index contributed by atoms with van der Waals surface area (Å²) < 4.78 is 25.4. The van der Waals surface area contributed by atoms with Crippen molar-refractivity contribution < 1.29 is 18.9 Å². The van der Waals surface area contributed by atoms with Gasteiger partial charge in [0.1, 0.15) is 17.4 Å². The predicted octanol–water partition coefficient (Wildman–Crippen LogP) is 4.04. The van der Waals surface area contributed by atoms with E-state index in [-0.39, 0.29) is 12.2 Å². The van der Waals surface area contributed by atoms with Gasteiger partial charge in [-0.25, -0.2) is 15.0 Å². The number of aryl methyl sites for hydroxylation is 1. The average molecular weight is 418 g/mol. The Morgan fingerprint density at radius 2 is 1.90 bits per heavy atom. The molecule has 0 aliphatic carbocycles. The van der Waals surface area contributed by atoms with E-state index in [1.807, 2.05) is 48.7 Å². The van der Waals surface area contributed by atoms with E-state index in [0.29, 0.717) is 23.1 Å². The Kier molecular flexibility index (Phi) is 4.62. The van der Waals surface area contributed by atoms with E-state index in [1.54, 1.807) is 32.7 Å². The quantitative estimate of drug-likeness (QED) is 0.495. The molecule has 1 aromatic carbocycles. The summed E-state index contributed by atoms with van der Waals surface area (Å²) in [6.07, 6.45) is 2.93. The molecule has 0 N–H and O–H groups in total. The Balaban J connectivity index is 1.57. The lowest BCUT2D eigenvalue weighted by Crippen LogP contribution is -2.31. The van der Waals surface area contributed by atoms with E-state index >= 15 is 0 Å². The summed E-state index contributed by atoms with van der Waals surface area (Å²) in [6, 6.07) is 11.4. The first-order chi connectivity index (χ1) is 15.1. The maximum absolute atomic E-state index is 6.34. The lowest BCUT2D eigenvalue weighted by molar-refractivity contribution is 0.0278. The fourth-order valence-corrected chi connectivity index (χ4v) is 3.89. The second kappa shape index (κ2) is 7.46. The molecule has 0 radical (unpaired) electrons. The summed E-state index contributed by atoms with van der Waals surface area (Å²) in [7, 11) is 3.20. The summed E-state index contributed by atoms with van der Waals surface area (Å²) >= 11 is 0. The van der Waals surface area contributed by atoms with E-state index in [4.69, 9.17) is 18.9 Å². The molecule has 1 aliphatic rings. The SMILES string of the molecule is COc1ccc([C@@H]2Oc3c(OC)cc(-n4c(C)nc5cccnc54)cc3O[C@H]2C)cn1. The van der Waals surface area contributed by atoms with E-state index in [0.717, 1.165) is 28.2 Å². The lowest BCUT2D eigenvalue weighted by Gasteiger charge is -2.33. The van der Waals surface area contributed by atoms with Crippen LogP contribution in [0.15, 0.2) is 48.8 Å². The van der Waals surface area contributed by atoms with Crippen molar-refractivity contribution in [2.75, 3.05) is 14.2 Å². The Morgan fingerprint density at radius 1 is 1.03 bits per heavy atom. The van der Waals surface area contributed by atoms with Crippen molar-refractivity contribution in [2.45, 2.75) is 26.1 Å². The maximum atomic E-state index is 6.34. The number of rotatable bonds is 4. The first kappa shape index (κ1) is 19.2. The van der Waals surface area contributed by atoms with Gasteiger partial charge in [-0.2, -0.15) is 0 Å². The van der Waals surface area contributed by atoms with Crippen LogP contribution in [-0.4, -0.2) is 39.8 Å². The van der Waals surface area contributed by atoms with Crippen molar-refractivity contribution >= 4 is 11.2 Å². The van der Waals surface area contributed by atoms with Crippen molar-refractivity contribution in [1.29, 1.82) is 0 Å². The lowest BCUT2D eigenvalue weighted by atomic mass is 10.1. The molecule has 8 heteroatoms. The standard InChI is InChI=1S/C23H22N4O4/c1-13-21(15-7-8-20(29-4)25-12-15)31-22-18(28-3)10-16(11-19(22)30-13)27-14(2)26-17-6-5-9-24-23(17)27/h5-13,21H,1-4H3/t13-,21+/m0/s1. The molecule has 2 atom stereocenters. The number of fused-ring (bicyclic) bond motifs is 2. The Labute approximate surface area is 179 Å². The largest absolute Gasteiger partial charge is 0.493 e. The number of hydrogen-bond donors (Lipinski definition) is 0. The zero-order valence-corrected chi connectivity index (χ0v) is 17.7. The predicted molar refractivity (Wildman–Crippen MR) is 114 cm³/mol. The van der Waals surface area contributed by atoms with Crippen LogP contribution in [0.25, 0.3) is 16.9 Å². The van der Waals surface area contributed by atoms with Crippen molar-refractivity contribution in [3.8, 4) is 28.8 Å². The molecule has 158 valence electrons. The van der Waals surface area contributed by atoms with Gasteiger partial charge >= 0.3 is 0 Å². The molecular weight excluding hydrogens is 396 g/mol. The van der Waals surface area contributed by atoms with E-state index < -0.39 is 0 Å². The minimum atomic E-state index is -0.330. The van der Waals surface area contributed by atoms with E-state index in [1.165, 1.54) is 0 Å². The van der Waals surface area contributed by atoms with Crippen LogP contribution in [0.4, 0.5) is 0 Å². The third-order valence-electron chi connectivity index (χ3n) is 5.35. The highest BCUT2D eigenvalue weighted by atomic mass is 16.6. The summed E-state index contributed by atoms with van der Waals surface area (Å²) in [5, 5.41) is 0. The van der Waals surface area contributed by atoms with Gasteiger partial charge in [-0.15, -0.1) is 0 Å². The van der Waals surface area contributed by atoms with E-state index in [9.17, 15) is 0 Å².